The monoisotopic (exact) mass is 428 g/mol. The van der Waals surface area contributed by atoms with E-state index in [-0.39, 0.29) is 11.4 Å². The minimum atomic E-state index is -0.189. The number of nitrogens with one attached hydrogen (secondary N) is 1. The second-order valence-corrected chi connectivity index (χ2v) is 11.9. The quantitative estimate of drug-likeness (QED) is 0.584. The van der Waals surface area contributed by atoms with Crippen LogP contribution < -0.4 is 5.32 Å². The van der Waals surface area contributed by atoms with Crippen LogP contribution in [0.4, 0.5) is 5.69 Å². The van der Waals surface area contributed by atoms with Gasteiger partial charge < -0.3 is 10.1 Å². The van der Waals surface area contributed by atoms with Gasteiger partial charge in [-0.2, -0.15) is 0 Å². The Labute approximate surface area is 181 Å². The van der Waals surface area contributed by atoms with E-state index in [1.54, 1.807) is 5.56 Å². The second-order valence-electron chi connectivity index (χ2n) is 9.06. The molecular weight excluding hydrogens is 400 g/mol. The van der Waals surface area contributed by atoms with E-state index in [0.717, 1.165) is 6.54 Å². The first-order chi connectivity index (χ1) is 14.2. The summed E-state index contributed by atoms with van der Waals surface area (Å²) in [5, 5.41) is 4.04. The van der Waals surface area contributed by atoms with Crippen LogP contribution >= 0.6 is 23.5 Å². The van der Waals surface area contributed by atoms with E-state index in [9.17, 15) is 4.79 Å². The Kier molecular flexibility index (Phi) is 4.47. The average molecular weight is 429 g/mol. The first-order valence-corrected chi connectivity index (χ1v) is 12.9. The van der Waals surface area contributed by atoms with Crippen LogP contribution in [0, 0.1) is 11.8 Å². The lowest BCUT2D eigenvalue weighted by molar-refractivity contribution is -0.139. The van der Waals surface area contributed by atoms with Gasteiger partial charge in [0.25, 0.3) is 0 Å². The smallest absolute Gasteiger partial charge is 0.302 e. The number of fused-ring (bicyclic) bond motifs is 2. The lowest BCUT2D eigenvalue weighted by atomic mass is 9.56. The lowest BCUT2D eigenvalue weighted by Gasteiger charge is -2.56. The topological polar surface area (TPSA) is 41.6 Å². The molecule has 0 aromatic heterocycles. The summed E-state index contributed by atoms with van der Waals surface area (Å²) in [4.78, 5) is 14.0. The molecule has 6 rings (SSSR count). The van der Waals surface area contributed by atoms with Crippen molar-refractivity contribution in [1.82, 2.24) is 4.90 Å². The molecule has 6 heteroatoms. The zero-order valence-electron chi connectivity index (χ0n) is 16.8. The lowest BCUT2D eigenvalue weighted by Crippen LogP contribution is -2.63. The summed E-state index contributed by atoms with van der Waals surface area (Å²) < 4.78 is 5.96. The molecule has 3 saturated heterocycles. The molecule has 0 radical (unpaired) electrons. The zero-order valence-corrected chi connectivity index (χ0v) is 18.4. The molecular formula is C23H28N2O2S2. The van der Waals surface area contributed by atoms with E-state index in [4.69, 9.17) is 4.74 Å². The number of anilines is 1. The van der Waals surface area contributed by atoms with Crippen molar-refractivity contribution in [3.8, 4) is 0 Å². The minimum absolute atomic E-state index is 0.189. The SMILES string of the molecule is CC(=O)OC/C=C1/CN2CC[C@]34c5ccccc5N[C@H]3[C@H](C3SCCS3)[C@H]1C[C@H]24. The van der Waals surface area contributed by atoms with Crippen LogP contribution in [-0.2, 0) is 14.9 Å². The molecule has 1 spiro atoms. The van der Waals surface area contributed by atoms with Crippen LogP contribution in [0.2, 0.25) is 0 Å². The van der Waals surface area contributed by atoms with Crippen LogP contribution in [-0.4, -0.2) is 58.7 Å². The van der Waals surface area contributed by atoms with E-state index in [1.165, 1.54) is 49.1 Å². The largest absolute Gasteiger partial charge is 0.462 e. The zero-order chi connectivity index (χ0) is 19.6. The van der Waals surface area contributed by atoms with Gasteiger partial charge in [0.1, 0.15) is 6.61 Å². The fourth-order valence-corrected chi connectivity index (χ4v) is 10.3. The molecule has 1 aromatic carbocycles. The van der Waals surface area contributed by atoms with Crippen molar-refractivity contribution >= 4 is 35.2 Å². The predicted molar refractivity (Wildman–Crippen MR) is 121 cm³/mol. The highest BCUT2D eigenvalue weighted by Crippen LogP contribution is 2.63. The number of carbonyl (C=O) groups excluding carboxylic acids is 1. The molecule has 5 aliphatic rings. The maximum atomic E-state index is 11.3. The Morgan fingerprint density at radius 1 is 1.34 bits per heavy atom. The van der Waals surface area contributed by atoms with E-state index in [1.807, 2.05) is 0 Å². The number of thioether (sulfide) groups is 2. The van der Waals surface area contributed by atoms with Crippen molar-refractivity contribution in [3.63, 3.8) is 0 Å². The molecule has 1 saturated carbocycles. The third-order valence-corrected chi connectivity index (χ3v) is 11.2. The van der Waals surface area contributed by atoms with Gasteiger partial charge in [0.05, 0.1) is 4.58 Å². The highest BCUT2D eigenvalue weighted by Gasteiger charge is 2.66. The van der Waals surface area contributed by atoms with E-state index < -0.39 is 0 Å². The van der Waals surface area contributed by atoms with Crippen LogP contribution in [0.25, 0.3) is 0 Å². The fourth-order valence-electron chi connectivity index (χ4n) is 6.93. The van der Waals surface area contributed by atoms with Crippen molar-refractivity contribution in [1.29, 1.82) is 0 Å². The summed E-state index contributed by atoms with van der Waals surface area (Å²) in [5.41, 5.74) is 4.72. The summed E-state index contributed by atoms with van der Waals surface area (Å²) in [6, 6.07) is 10.2. The van der Waals surface area contributed by atoms with Crippen LogP contribution in [0.5, 0.6) is 0 Å². The fraction of sp³-hybridized carbons (Fsp3) is 0.609. The molecule has 1 N–H and O–H groups in total. The number of para-hydroxylation sites is 1. The number of benzene rings is 1. The number of hydrogen-bond donors (Lipinski definition) is 1. The molecule has 1 aromatic rings. The molecule has 154 valence electrons. The maximum Gasteiger partial charge on any atom is 0.302 e. The molecule has 0 amide bonds. The van der Waals surface area contributed by atoms with Gasteiger partial charge in [-0.3, -0.25) is 9.69 Å². The Morgan fingerprint density at radius 3 is 3.00 bits per heavy atom. The van der Waals surface area contributed by atoms with Gasteiger partial charge in [0.15, 0.2) is 0 Å². The van der Waals surface area contributed by atoms with E-state index in [0.29, 0.717) is 35.1 Å². The highest BCUT2D eigenvalue weighted by atomic mass is 32.2. The number of esters is 1. The molecule has 4 nitrogen and oxygen atoms in total. The van der Waals surface area contributed by atoms with Gasteiger partial charge in [0, 0.05) is 54.1 Å². The summed E-state index contributed by atoms with van der Waals surface area (Å²) >= 11 is 4.34. The Hall–Kier alpha value is -1.11. The second kappa shape index (κ2) is 6.96. The van der Waals surface area contributed by atoms with Gasteiger partial charge >= 0.3 is 5.97 Å². The number of piperidine rings is 1. The molecule has 4 heterocycles. The summed E-state index contributed by atoms with van der Waals surface area (Å²) in [6.07, 6.45) is 4.74. The van der Waals surface area contributed by atoms with Gasteiger partial charge in [-0.15, -0.1) is 23.5 Å². The van der Waals surface area contributed by atoms with E-state index >= 15 is 0 Å². The van der Waals surface area contributed by atoms with Crippen LogP contribution in [0.3, 0.4) is 0 Å². The standard InChI is InChI=1S/C23H28N2O2S2/c1-14(26)27-9-6-15-13-25-8-7-23-17-4-2-3-5-18(17)24-21(23)20(16(15)12-19(23)25)22-28-10-11-29-22/h2-6,16,19-22,24H,7-13H2,1H3/b15-6-/t16-,19-,20+,21-,23+/m0/s1. The third-order valence-electron chi connectivity index (χ3n) is 7.93. The predicted octanol–water partition coefficient (Wildman–Crippen LogP) is 3.74. The normalized spacial score (nSPS) is 39.3. The molecule has 29 heavy (non-hydrogen) atoms. The summed E-state index contributed by atoms with van der Waals surface area (Å²) in [5.74, 6) is 3.57. The number of carbonyl (C=O) groups is 1. The first kappa shape index (κ1) is 18.6. The van der Waals surface area contributed by atoms with Crippen molar-refractivity contribution in [3.05, 3.63) is 41.5 Å². The van der Waals surface area contributed by atoms with Gasteiger partial charge in [0.2, 0.25) is 0 Å². The number of nitrogens with zero attached hydrogens (tertiary/aromatic N) is 1. The summed E-state index contributed by atoms with van der Waals surface area (Å²) in [6.45, 7) is 4.14. The molecule has 1 aliphatic carbocycles. The Bertz CT molecular complexity index is 868. The number of rotatable bonds is 3. The molecule has 2 bridgehead atoms. The van der Waals surface area contributed by atoms with Crippen molar-refractivity contribution < 1.29 is 9.53 Å². The highest BCUT2D eigenvalue weighted by molar-refractivity contribution is 8.20. The molecule has 5 atom stereocenters. The molecule has 0 unspecified atom stereocenters. The average Bonchev–Trinajstić information content (AvgIpc) is 3.44. The van der Waals surface area contributed by atoms with Gasteiger partial charge in [-0.25, -0.2) is 0 Å². The van der Waals surface area contributed by atoms with Crippen LogP contribution in [0.1, 0.15) is 25.3 Å². The third kappa shape index (κ3) is 2.68. The van der Waals surface area contributed by atoms with Crippen molar-refractivity contribution in [2.75, 3.05) is 36.5 Å². The van der Waals surface area contributed by atoms with Gasteiger partial charge in [-0.05, 0) is 43.0 Å². The minimum Gasteiger partial charge on any atom is -0.462 e. The van der Waals surface area contributed by atoms with Gasteiger partial charge in [-0.1, -0.05) is 23.8 Å². The molecule has 4 fully saturated rings. The van der Waals surface area contributed by atoms with Crippen molar-refractivity contribution in [2.45, 2.75) is 41.8 Å². The number of ether oxygens (including phenoxy) is 1. The van der Waals surface area contributed by atoms with Crippen molar-refractivity contribution in [2.24, 2.45) is 11.8 Å². The molecule has 4 aliphatic heterocycles. The Morgan fingerprint density at radius 2 is 2.17 bits per heavy atom. The van der Waals surface area contributed by atoms with Crippen LogP contribution in [0.15, 0.2) is 35.9 Å². The summed E-state index contributed by atoms with van der Waals surface area (Å²) in [7, 11) is 0. The maximum absolute atomic E-state index is 11.3. The first-order valence-electron chi connectivity index (χ1n) is 10.8. The number of hydrogen-bond acceptors (Lipinski definition) is 6. The Balaban J connectivity index is 1.43. The van der Waals surface area contributed by atoms with E-state index in [2.05, 4.69) is 64.1 Å².